The first-order valence-corrected chi connectivity index (χ1v) is 9.88. The van der Waals surface area contributed by atoms with Crippen molar-refractivity contribution in [3.63, 3.8) is 0 Å². The molecule has 0 spiro atoms. The molecule has 156 valence electrons. The molecule has 2 N–H and O–H groups in total. The van der Waals surface area contributed by atoms with Crippen molar-refractivity contribution in [2.75, 3.05) is 31.6 Å². The highest BCUT2D eigenvalue weighted by molar-refractivity contribution is 5.74. The third-order valence-electron chi connectivity index (χ3n) is 5.34. The number of carbonyl (C=O) groups is 1. The summed E-state index contributed by atoms with van der Waals surface area (Å²) < 4.78 is 31.7. The Balaban J connectivity index is 1.48. The maximum Gasteiger partial charge on any atom is 0.315 e. The van der Waals surface area contributed by atoms with Gasteiger partial charge in [-0.15, -0.1) is 0 Å². The van der Waals surface area contributed by atoms with Gasteiger partial charge in [-0.05, 0) is 48.6 Å². The van der Waals surface area contributed by atoms with Crippen LogP contribution < -0.4 is 20.3 Å². The zero-order valence-corrected chi connectivity index (χ0v) is 16.8. The molecule has 7 heteroatoms. The molecule has 0 bridgehead atoms. The predicted molar refractivity (Wildman–Crippen MR) is 109 cm³/mol. The van der Waals surface area contributed by atoms with E-state index >= 15 is 0 Å². The van der Waals surface area contributed by atoms with Crippen molar-refractivity contribution in [2.24, 2.45) is 5.92 Å². The Hall–Kier alpha value is -2.83. The highest BCUT2D eigenvalue weighted by atomic mass is 19.2. The Morgan fingerprint density at radius 2 is 1.97 bits per heavy atom. The van der Waals surface area contributed by atoms with E-state index in [0.717, 1.165) is 36.8 Å². The number of urea groups is 1. The Labute approximate surface area is 170 Å². The third kappa shape index (κ3) is 5.37. The van der Waals surface area contributed by atoms with Gasteiger partial charge < -0.3 is 20.3 Å². The molecule has 1 aliphatic rings. The fourth-order valence-corrected chi connectivity index (χ4v) is 3.62. The maximum absolute atomic E-state index is 13.4. The predicted octanol–water partition coefficient (Wildman–Crippen LogP) is 4.25. The number of nitrogens with one attached hydrogen (secondary N) is 2. The lowest BCUT2D eigenvalue weighted by Crippen LogP contribution is -2.40. The summed E-state index contributed by atoms with van der Waals surface area (Å²) in [6.45, 7) is 4.00. The maximum atomic E-state index is 13.4. The van der Waals surface area contributed by atoms with Gasteiger partial charge in [0.1, 0.15) is 5.75 Å². The number of anilines is 1. The van der Waals surface area contributed by atoms with Crippen LogP contribution in [0.25, 0.3) is 0 Å². The van der Waals surface area contributed by atoms with Crippen molar-refractivity contribution >= 4 is 11.7 Å². The molecule has 0 radical (unpaired) electrons. The molecule has 2 amide bonds. The third-order valence-corrected chi connectivity index (χ3v) is 5.34. The van der Waals surface area contributed by atoms with Crippen LogP contribution >= 0.6 is 0 Å². The quantitative estimate of drug-likeness (QED) is 0.727. The van der Waals surface area contributed by atoms with Crippen LogP contribution in [0.4, 0.5) is 19.3 Å². The van der Waals surface area contributed by atoms with E-state index in [-0.39, 0.29) is 18.0 Å². The second kappa shape index (κ2) is 9.58. The topological polar surface area (TPSA) is 53.6 Å². The number of rotatable bonds is 7. The second-order valence-corrected chi connectivity index (χ2v) is 7.29. The Kier molecular flexibility index (Phi) is 6.90. The van der Waals surface area contributed by atoms with Crippen molar-refractivity contribution < 1.29 is 18.3 Å². The van der Waals surface area contributed by atoms with Crippen LogP contribution in [-0.4, -0.2) is 32.8 Å². The highest BCUT2D eigenvalue weighted by Gasteiger charge is 2.24. The van der Waals surface area contributed by atoms with Gasteiger partial charge in [-0.1, -0.05) is 19.1 Å². The zero-order chi connectivity index (χ0) is 20.8. The van der Waals surface area contributed by atoms with Gasteiger partial charge in [-0.3, -0.25) is 0 Å². The summed E-state index contributed by atoms with van der Waals surface area (Å²) in [4.78, 5) is 14.4. The molecule has 1 aliphatic heterocycles. The average molecular weight is 403 g/mol. The number of halogens is 2. The summed E-state index contributed by atoms with van der Waals surface area (Å²) in [7, 11) is 1.62. The number of carbonyl (C=O) groups excluding carboxylic acids is 1. The highest BCUT2D eigenvalue weighted by Crippen LogP contribution is 2.25. The van der Waals surface area contributed by atoms with Crippen LogP contribution in [0.5, 0.6) is 5.75 Å². The number of benzene rings is 2. The molecule has 0 aliphatic carbocycles. The standard InChI is InChI=1S/C22H27F2N3O2/c1-3-21(16-4-7-18(29-2)8-5-16)26-22(28)25-13-15-10-11-27(14-15)17-6-9-19(23)20(24)12-17/h4-9,12,15,21H,3,10-11,13-14H2,1-2H3,(H2,25,26,28). The largest absolute Gasteiger partial charge is 0.497 e. The molecule has 0 aromatic heterocycles. The van der Waals surface area contributed by atoms with Crippen molar-refractivity contribution in [3.8, 4) is 5.75 Å². The average Bonchev–Trinajstić information content (AvgIpc) is 3.21. The van der Waals surface area contributed by atoms with E-state index < -0.39 is 11.6 Å². The van der Waals surface area contributed by atoms with Crippen LogP contribution in [-0.2, 0) is 0 Å². The Morgan fingerprint density at radius 1 is 1.21 bits per heavy atom. The van der Waals surface area contributed by atoms with Crippen LogP contribution in [0, 0.1) is 17.6 Å². The summed E-state index contributed by atoms with van der Waals surface area (Å²) >= 11 is 0. The van der Waals surface area contributed by atoms with Crippen molar-refractivity contribution in [1.82, 2.24) is 10.6 Å². The molecule has 2 aromatic rings. The van der Waals surface area contributed by atoms with E-state index in [1.165, 1.54) is 6.07 Å². The number of nitrogens with zero attached hydrogens (tertiary/aromatic N) is 1. The molecule has 2 aromatic carbocycles. The van der Waals surface area contributed by atoms with Gasteiger partial charge in [0.15, 0.2) is 11.6 Å². The fourth-order valence-electron chi connectivity index (χ4n) is 3.62. The van der Waals surface area contributed by atoms with Crippen LogP contribution in [0.1, 0.15) is 31.4 Å². The van der Waals surface area contributed by atoms with E-state index in [4.69, 9.17) is 4.74 Å². The number of hydrogen-bond donors (Lipinski definition) is 2. The fraction of sp³-hybridized carbons (Fsp3) is 0.409. The van der Waals surface area contributed by atoms with E-state index in [1.54, 1.807) is 13.2 Å². The molecular weight excluding hydrogens is 376 g/mol. The second-order valence-electron chi connectivity index (χ2n) is 7.29. The van der Waals surface area contributed by atoms with E-state index in [9.17, 15) is 13.6 Å². The molecule has 5 nitrogen and oxygen atoms in total. The summed E-state index contributed by atoms with van der Waals surface area (Å²) in [5, 5.41) is 5.94. The van der Waals surface area contributed by atoms with Crippen LogP contribution in [0.3, 0.4) is 0 Å². The molecule has 29 heavy (non-hydrogen) atoms. The molecule has 1 fully saturated rings. The molecule has 3 rings (SSSR count). The van der Waals surface area contributed by atoms with Gasteiger partial charge in [-0.2, -0.15) is 0 Å². The normalized spacial score (nSPS) is 17.1. The minimum atomic E-state index is -0.842. The van der Waals surface area contributed by atoms with Crippen molar-refractivity contribution in [2.45, 2.75) is 25.8 Å². The minimum Gasteiger partial charge on any atom is -0.497 e. The summed E-state index contributed by atoms with van der Waals surface area (Å²) in [5.74, 6) is -0.646. The monoisotopic (exact) mass is 403 g/mol. The lowest BCUT2D eigenvalue weighted by molar-refractivity contribution is 0.235. The molecule has 0 saturated carbocycles. The molecule has 1 saturated heterocycles. The number of hydrogen-bond acceptors (Lipinski definition) is 3. The SMILES string of the molecule is CCC(NC(=O)NCC1CCN(c2ccc(F)c(F)c2)C1)c1ccc(OC)cc1. The summed E-state index contributed by atoms with van der Waals surface area (Å²) in [6, 6.07) is 11.3. The Bertz CT molecular complexity index is 829. The lowest BCUT2D eigenvalue weighted by atomic mass is 10.0. The van der Waals surface area contributed by atoms with Gasteiger partial charge in [0, 0.05) is 31.4 Å². The molecule has 2 unspecified atom stereocenters. The first-order chi connectivity index (χ1) is 14.0. The smallest absolute Gasteiger partial charge is 0.315 e. The number of methoxy groups -OCH3 is 1. The van der Waals surface area contributed by atoms with Gasteiger partial charge in [0.25, 0.3) is 0 Å². The summed E-state index contributed by atoms with van der Waals surface area (Å²) in [5.41, 5.74) is 1.69. The van der Waals surface area contributed by atoms with Crippen molar-refractivity contribution in [3.05, 3.63) is 59.7 Å². The molecule has 2 atom stereocenters. The first-order valence-electron chi connectivity index (χ1n) is 9.88. The van der Waals surface area contributed by atoms with Crippen molar-refractivity contribution in [1.29, 1.82) is 0 Å². The van der Waals surface area contributed by atoms with Crippen LogP contribution in [0.15, 0.2) is 42.5 Å². The zero-order valence-electron chi connectivity index (χ0n) is 16.8. The molecular formula is C22H27F2N3O2. The number of amides is 2. The van der Waals surface area contributed by atoms with E-state index in [1.807, 2.05) is 36.1 Å². The first kappa shape index (κ1) is 20.9. The van der Waals surface area contributed by atoms with Gasteiger partial charge in [-0.25, -0.2) is 13.6 Å². The van der Waals surface area contributed by atoms with Gasteiger partial charge in [0.2, 0.25) is 0 Å². The molecule has 1 heterocycles. The van der Waals surface area contributed by atoms with E-state index in [0.29, 0.717) is 18.8 Å². The van der Waals surface area contributed by atoms with E-state index in [2.05, 4.69) is 10.6 Å². The lowest BCUT2D eigenvalue weighted by Gasteiger charge is -2.20. The van der Waals surface area contributed by atoms with Crippen LogP contribution in [0.2, 0.25) is 0 Å². The minimum absolute atomic E-state index is 0.0804. The summed E-state index contributed by atoms with van der Waals surface area (Å²) in [6.07, 6.45) is 1.65. The Morgan fingerprint density at radius 3 is 2.62 bits per heavy atom. The number of ether oxygens (including phenoxy) is 1. The van der Waals surface area contributed by atoms with Gasteiger partial charge in [0.05, 0.1) is 13.2 Å². The van der Waals surface area contributed by atoms with Gasteiger partial charge >= 0.3 is 6.03 Å².